The molecule has 1 aromatic rings. The largest absolute Gasteiger partial charge is 0.707 e. The molecule has 0 saturated carbocycles. The summed E-state index contributed by atoms with van der Waals surface area (Å²) in [6.45, 7) is 2.00. The lowest BCUT2D eigenvalue weighted by Crippen LogP contribution is -2.12. The van der Waals surface area contributed by atoms with Crippen LogP contribution in [-0.2, 0) is 4.65 Å². The van der Waals surface area contributed by atoms with Crippen LogP contribution in [0, 0.1) is 6.92 Å². The number of hydrogen-bond donors (Lipinski definition) is 2. The summed E-state index contributed by atoms with van der Waals surface area (Å²) in [4.78, 5) is 0. The summed E-state index contributed by atoms with van der Waals surface area (Å²) >= 11 is 0. The molecule has 0 atom stereocenters. The Kier molecular flexibility index (Phi) is 3.55. The third-order valence-corrected chi connectivity index (χ3v) is 1.54. The summed E-state index contributed by atoms with van der Waals surface area (Å²) in [5.74, 6) is 0. The number of benzene rings is 1. The van der Waals surface area contributed by atoms with Crippen LogP contribution in [0.3, 0.4) is 0 Å². The molecule has 1 aromatic carbocycles. The summed E-state index contributed by atoms with van der Waals surface area (Å²) in [6, 6.07) is 7.77. The van der Waals surface area contributed by atoms with E-state index in [-0.39, 0.29) is 0 Å². The zero-order chi connectivity index (χ0) is 9.68. The molecule has 0 fully saturated rings. The van der Waals surface area contributed by atoms with Crippen molar-refractivity contribution in [2.75, 3.05) is 0 Å². The van der Waals surface area contributed by atoms with Crippen LogP contribution < -0.4 is 0 Å². The van der Waals surface area contributed by atoms with E-state index in [1.54, 1.807) is 6.08 Å². The minimum absolute atomic E-state index is 0.950. The van der Waals surface area contributed by atoms with Gasteiger partial charge in [-0.1, -0.05) is 29.8 Å². The Morgan fingerprint density at radius 2 is 1.85 bits per heavy atom. The van der Waals surface area contributed by atoms with Crippen molar-refractivity contribution in [3.63, 3.8) is 0 Å². The Bertz CT molecular complexity index is 279. The highest BCUT2D eigenvalue weighted by atomic mass is 16.6. The fourth-order valence-corrected chi connectivity index (χ4v) is 0.866. The first kappa shape index (κ1) is 9.83. The topological polar surface area (TPSA) is 49.7 Å². The highest BCUT2D eigenvalue weighted by Gasteiger charge is 2.05. The average molecular weight is 178 g/mol. The Labute approximate surface area is 77.5 Å². The van der Waals surface area contributed by atoms with Crippen LogP contribution in [0.25, 0.3) is 6.08 Å². The highest BCUT2D eigenvalue weighted by molar-refractivity contribution is 6.32. The monoisotopic (exact) mass is 178 g/mol. The Morgan fingerprint density at radius 1 is 1.23 bits per heavy atom. The lowest BCUT2D eigenvalue weighted by molar-refractivity contribution is 0.258. The first-order valence-electron chi connectivity index (χ1n) is 3.93. The summed E-state index contributed by atoms with van der Waals surface area (Å²) in [5, 5.41) is 16.7. The average Bonchev–Trinajstić information content (AvgIpc) is 2.08. The van der Waals surface area contributed by atoms with Gasteiger partial charge in [-0.2, -0.15) is 0 Å². The molecule has 4 heteroatoms. The van der Waals surface area contributed by atoms with Crippen molar-refractivity contribution in [3.8, 4) is 0 Å². The summed E-state index contributed by atoms with van der Waals surface area (Å²) < 4.78 is 4.41. The molecule has 68 valence electrons. The number of hydrogen-bond acceptors (Lipinski definition) is 3. The molecule has 0 heterocycles. The fourth-order valence-electron chi connectivity index (χ4n) is 0.866. The summed E-state index contributed by atoms with van der Waals surface area (Å²) in [6.07, 6.45) is 2.90. The molecule has 2 N–H and O–H groups in total. The lowest BCUT2D eigenvalue weighted by atomic mass is 10.1. The van der Waals surface area contributed by atoms with E-state index in [9.17, 15) is 0 Å². The van der Waals surface area contributed by atoms with Gasteiger partial charge in [0, 0.05) is 0 Å². The molecular formula is C9H11BO3. The minimum atomic E-state index is -1.75. The third kappa shape index (κ3) is 3.78. The lowest BCUT2D eigenvalue weighted by Gasteiger charge is -1.96. The first-order chi connectivity index (χ1) is 6.18. The van der Waals surface area contributed by atoms with Gasteiger partial charge >= 0.3 is 7.32 Å². The maximum Gasteiger partial charge on any atom is 0.707 e. The van der Waals surface area contributed by atoms with Crippen molar-refractivity contribution in [1.29, 1.82) is 0 Å². The van der Waals surface area contributed by atoms with Crippen LogP contribution in [0.4, 0.5) is 0 Å². The van der Waals surface area contributed by atoms with Crippen LogP contribution in [0.1, 0.15) is 11.1 Å². The van der Waals surface area contributed by atoms with Crippen molar-refractivity contribution >= 4 is 13.4 Å². The molecule has 13 heavy (non-hydrogen) atoms. The summed E-state index contributed by atoms with van der Waals surface area (Å²) in [5.41, 5.74) is 2.13. The van der Waals surface area contributed by atoms with Crippen molar-refractivity contribution < 1.29 is 14.7 Å². The van der Waals surface area contributed by atoms with Crippen LogP contribution in [-0.4, -0.2) is 17.4 Å². The molecule has 0 aliphatic rings. The van der Waals surface area contributed by atoms with Crippen LogP contribution >= 0.6 is 0 Å². The van der Waals surface area contributed by atoms with E-state index in [1.807, 2.05) is 31.2 Å². The Hall–Kier alpha value is -1.26. The molecule has 0 bridgehead atoms. The van der Waals surface area contributed by atoms with Gasteiger partial charge in [0.05, 0.1) is 6.26 Å². The van der Waals surface area contributed by atoms with Gasteiger partial charge in [0.25, 0.3) is 0 Å². The van der Waals surface area contributed by atoms with Crippen molar-refractivity contribution in [3.05, 3.63) is 41.7 Å². The van der Waals surface area contributed by atoms with E-state index >= 15 is 0 Å². The molecular weight excluding hydrogens is 167 g/mol. The molecule has 0 aromatic heterocycles. The number of rotatable bonds is 3. The van der Waals surface area contributed by atoms with Gasteiger partial charge in [-0.05, 0) is 18.6 Å². The van der Waals surface area contributed by atoms with Crippen molar-refractivity contribution in [2.45, 2.75) is 6.92 Å². The van der Waals surface area contributed by atoms with E-state index in [0.29, 0.717) is 0 Å². The van der Waals surface area contributed by atoms with Gasteiger partial charge in [0.1, 0.15) is 0 Å². The zero-order valence-corrected chi connectivity index (χ0v) is 7.34. The molecule has 0 unspecified atom stereocenters. The second-order valence-corrected chi connectivity index (χ2v) is 2.68. The third-order valence-electron chi connectivity index (χ3n) is 1.54. The summed E-state index contributed by atoms with van der Waals surface area (Å²) in [7, 11) is -1.75. The Balaban J connectivity index is 2.54. The minimum Gasteiger partial charge on any atom is -0.518 e. The molecule has 0 aliphatic carbocycles. The van der Waals surface area contributed by atoms with Crippen molar-refractivity contribution in [2.24, 2.45) is 0 Å². The predicted molar refractivity (Wildman–Crippen MR) is 51.5 cm³/mol. The van der Waals surface area contributed by atoms with Gasteiger partial charge in [-0.15, -0.1) is 0 Å². The second kappa shape index (κ2) is 4.69. The quantitative estimate of drug-likeness (QED) is 0.535. The SMILES string of the molecule is Cc1ccc(/C=C/OB(O)O)cc1. The zero-order valence-electron chi connectivity index (χ0n) is 7.34. The molecule has 0 amide bonds. The highest BCUT2D eigenvalue weighted by Crippen LogP contribution is 2.04. The van der Waals surface area contributed by atoms with E-state index < -0.39 is 7.32 Å². The standard InChI is InChI=1S/C9H11BO3/c1-8-2-4-9(5-3-8)6-7-13-10(11)12/h2-7,11-12H,1H3/b7-6+. The van der Waals surface area contributed by atoms with Gasteiger partial charge < -0.3 is 14.7 Å². The molecule has 3 nitrogen and oxygen atoms in total. The maximum atomic E-state index is 8.36. The Morgan fingerprint density at radius 3 is 2.38 bits per heavy atom. The van der Waals surface area contributed by atoms with E-state index in [1.165, 1.54) is 11.8 Å². The molecule has 0 saturated heterocycles. The first-order valence-corrected chi connectivity index (χ1v) is 3.93. The van der Waals surface area contributed by atoms with Gasteiger partial charge in [-0.3, -0.25) is 0 Å². The van der Waals surface area contributed by atoms with Crippen LogP contribution in [0.2, 0.25) is 0 Å². The normalized spacial score (nSPS) is 10.4. The van der Waals surface area contributed by atoms with E-state index in [4.69, 9.17) is 10.0 Å². The van der Waals surface area contributed by atoms with E-state index in [2.05, 4.69) is 4.65 Å². The second-order valence-electron chi connectivity index (χ2n) is 2.68. The van der Waals surface area contributed by atoms with Crippen LogP contribution in [0.15, 0.2) is 30.5 Å². The van der Waals surface area contributed by atoms with Gasteiger partial charge in [0.2, 0.25) is 0 Å². The maximum absolute atomic E-state index is 8.36. The molecule has 0 spiro atoms. The molecule has 0 radical (unpaired) electrons. The smallest absolute Gasteiger partial charge is 0.518 e. The molecule has 0 aliphatic heterocycles. The van der Waals surface area contributed by atoms with Crippen LogP contribution in [0.5, 0.6) is 0 Å². The van der Waals surface area contributed by atoms with Crippen molar-refractivity contribution in [1.82, 2.24) is 0 Å². The predicted octanol–water partition coefficient (Wildman–Crippen LogP) is 0.952. The van der Waals surface area contributed by atoms with E-state index in [0.717, 1.165) is 5.56 Å². The van der Waals surface area contributed by atoms with Gasteiger partial charge in [0.15, 0.2) is 0 Å². The fraction of sp³-hybridized carbons (Fsp3) is 0.111. The number of aryl methyl sites for hydroxylation is 1. The molecule has 1 rings (SSSR count). The van der Waals surface area contributed by atoms with Gasteiger partial charge in [-0.25, -0.2) is 0 Å².